The molecule has 204 valence electrons. The number of anilines is 1. The summed E-state index contributed by atoms with van der Waals surface area (Å²) in [5.41, 5.74) is 0.455. The number of rotatable bonds is 9. The number of hydrogen-bond acceptors (Lipinski definition) is 6. The van der Waals surface area contributed by atoms with Crippen molar-refractivity contribution in [3.63, 3.8) is 0 Å². The van der Waals surface area contributed by atoms with Crippen molar-refractivity contribution in [1.29, 1.82) is 0 Å². The molecule has 3 N–H and O–H groups in total. The van der Waals surface area contributed by atoms with E-state index in [4.69, 9.17) is 0 Å². The molecule has 0 saturated heterocycles. The van der Waals surface area contributed by atoms with Crippen LogP contribution in [0.5, 0.6) is 0 Å². The number of ether oxygens (including phenoxy) is 1. The SMILES string of the molecule is COC.OC(CCNCc1nc2ccccc2n1Cc1c(F)cccc1F)Nc1ccc(C(F)(F)F)cn1. The fraction of sp³-hybridized carbons (Fsp3) is 0.308. The quantitative estimate of drug-likeness (QED) is 0.159. The number of benzene rings is 2. The van der Waals surface area contributed by atoms with Crippen LogP contribution in [0.2, 0.25) is 0 Å². The van der Waals surface area contributed by atoms with Gasteiger partial charge in [0, 0.05) is 32.4 Å². The van der Waals surface area contributed by atoms with E-state index in [9.17, 15) is 27.1 Å². The van der Waals surface area contributed by atoms with E-state index < -0.39 is 29.6 Å². The summed E-state index contributed by atoms with van der Waals surface area (Å²) in [5, 5.41) is 15.9. The molecule has 0 amide bonds. The molecule has 0 aliphatic heterocycles. The van der Waals surface area contributed by atoms with Crippen LogP contribution in [0.15, 0.2) is 60.8 Å². The number of para-hydroxylation sites is 2. The number of nitrogens with zero attached hydrogens (tertiary/aromatic N) is 3. The van der Waals surface area contributed by atoms with Gasteiger partial charge in [-0.3, -0.25) is 0 Å². The van der Waals surface area contributed by atoms with Crippen molar-refractivity contribution >= 4 is 16.9 Å². The van der Waals surface area contributed by atoms with E-state index in [0.717, 1.165) is 17.6 Å². The van der Waals surface area contributed by atoms with Crippen LogP contribution in [-0.2, 0) is 24.0 Å². The average Bonchev–Trinajstić information content (AvgIpc) is 3.21. The van der Waals surface area contributed by atoms with E-state index in [0.29, 0.717) is 24.1 Å². The maximum absolute atomic E-state index is 14.2. The minimum atomic E-state index is -4.48. The maximum Gasteiger partial charge on any atom is 0.417 e. The van der Waals surface area contributed by atoms with Crippen LogP contribution in [-0.4, -0.2) is 46.6 Å². The number of aromatic nitrogens is 3. The number of aliphatic hydroxyl groups is 1. The Labute approximate surface area is 216 Å². The third-order valence-corrected chi connectivity index (χ3v) is 5.39. The molecule has 2 heterocycles. The Morgan fingerprint density at radius 3 is 2.32 bits per heavy atom. The first-order valence-corrected chi connectivity index (χ1v) is 11.6. The number of hydrogen-bond donors (Lipinski definition) is 3. The molecule has 0 saturated carbocycles. The van der Waals surface area contributed by atoms with Crippen molar-refractivity contribution in [3.05, 3.63) is 89.4 Å². The van der Waals surface area contributed by atoms with E-state index in [1.165, 1.54) is 18.2 Å². The Hall–Kier alpha value is -3.61. The molecular weight excluding hydrogens is 509 g/mol. The number of methoxy groups -OCH3 is 1. The van der Waals surface area contributed by atoms with Gasteiger partial charge < -0.3 is 25.0 Å². The molecule has 0 radical (unpaired) electrons. The minimum Gasteiger partial charge on any atom is -0.388 e. The zero-order chi connectivity index (χ0) is 27.7. The molecule has 0 spiro atoms. The van der Waals surface area contributed by atoms with Gasteiger partial charge in [-0.15, -0.1) is 0 Å². The highest BCUT2D eigenvalue weighted by Gasteiger charge is 2.30. The zero-order valence-corrected chi connectivity index (χ0v) is 20.8. The highest BCUT2D eigenvalue weighted by Crippen LogP contribution is 2.29. The number of nitrogens with one attached hydrogen (secondary N) is 2. The Bertz CT molecular complexity index is 1290. The Morgan fingerprint density at radius 1 is 1.00 bits per heavy atom. The zero-order valence-electron chi connectivity index (χ0n) is 20.8. The number of imidazole rings is 1. The van der Waals surface area contributed by atoms with E-state index in [2.05, 4.69) is 25.3 Å². The first kappa shape index (κ1) is 29.0. The second kappa shape index (κ2) is 13.3. The smallest absolute Gasteiger partial charge is 0.388 e. The minimum absolute atomic E-state index is 0.0419. The maximum atomic E-state index is 14.2. The van der Waals surface area contributed by atoms with Gasteiger partial charge in [0.05, 0.1) is 29.7 Å². The third-order valence-electron chi connectivity index (χ3n) is 5.39. The highest BCUT2D eigenvalue weighted by atomic mass is 19.4. The lowest BCUT2D eigenvalue weighted by Gasteiger charge is -2.15. The van der Waals surface area contributed by atoms with Gasteiger partial charge in [0.2, 0.25) is 0 Å². The molecule has 0 fully saturated rings. The van der Waals surface area contributed by atoms with Gasteiger partial charge in [-0.2, -0.15) is 13.2 Å². The highest BCUT2D eigenvalue weighted by molar-refractivity contribution is 5.76. The number of fused-ring (bicyclic) bond motifs is 1. The molecule has 0 aliphatic rings. The molecule has 4 aromatic rings. The molecule has 1 atom stereocenters. The molecule has 1 unspecified atom stereocenters. The molecule has 7 nitrogen and oxygen atoms in total. The van der Waals surface area contributed by atoms with Crippen LogP contribution in [0.1, 0.15) is 23.4 Å². The summed E-state index contributed by atoms with van der Waals surface area (Å²) in [7, 11) is 3.25. The first-order chi connectivity index (χ1) is 18.1. The van der Waals surface area contributed by atoms with Crippen molar-refractivity contribution < 1.29 is 31.8 Å². The normalized spacial score (nSPS) is 12.2. The van der Waals surface area contributed by atoms with Crippen molar-refractivity contribution in [2.75, 3.05) is 26.1 Å². The van der Waals surface area contributed by atoms with E-state index in [1.807, 2.05) is 18.2 Å². The van der Waals surface area contributed by atoms with Crippen LogP contribution in [0.3, 0.4) is 0 Å². The number of halogens is 5. The van der Waals surface area contributed by atoms with Gasteiger partial charge in [0.15, 0.2) is 0 Å². The van der Waals surface area contributed by atoms with Crippen molar-refractivity contribution in [3.8, 4) is 0 Å². The monoisotopic (exact) mass is 537 g/mol. The standard InChI is InChI=1S/C24H22F5N5O.C2H6O/c25-17-4-3-5-18(26)16(17)14-34-20-7-2-1-6-19(20)32-22(34)13-30-11-10-23(35)33-21-9-8-15(12-31-21)24(27,28)29;1-3-2/h1-9,12,23,30,35H,10-11,13-14H2,(H,31,33);1-2H3. The van der Waals surface area contributed by atoms with Gasteiger partial charge >= 0.3 is 6.18 Å². The van der Waals surface area contributed by atoms with Gasteiger partial charge in [0.1, 0.15) is 29.5 Å². The van der Waals surface area contributed by atoms with Gasteiger partial charge in [-0.25, -0.2) is 18.7 Å². The van der Waals surface area contributed by atoms with E-state index >= 15 is 0 Å². The average molecular weight is 538 g/mol. The summed E-state index contributed by atoms with van der Waals surface area (Å²) in [6, 6.07) is 13.0. The van der Waals surface area contributed by atoms with Crippen LogP contribution in [0, 0.1) is 11.6 Å². The van der Waals surface area contributed by atoms with Crippen molar-refractivity contribution in [1.82, 2.24) is 19.9 Å². The predicted molar refractivity (Wildman–Crippen MR) is 133 cm³/mol. The van der Waals surface area contributed by atoms with Gasteiger partial charge in [-0.1, -0.05) is 18.2 Å². The lowest BCUT2D eigenvalue weighted by Crippen LogP contribution is -2.27. The Kier molecular flexibility index (Phi) is 10.1. The summed E-state index contributed by atoms with van der Waals surface area (Å²) in [6.45, 7) is 0.544. The van der Waals surface area contributed by atoms with Crippen LogP contribution < -0.4 is 10.6 Å². The summed E-state index contributed by atoms with van der Waals surface area (Å²) >= 11 is 0. The molecule has 12 heteroatoms. The Balaban J connectivity index is 0.00000127. The topological polar surface area (TPSA) is 84.2 Å². The molecule has 4 rings (SSSR count). The molecular formula is C26H28F5N5O2. The largest absolute Gasteiger partial charge is 0.417 e. The predicted octanol–water partition coefficient (Wildman–Crippen LogP) is 4.95. The molecule has 38 heavy (non-hydrogen) atoms. The summed E-state index contributed by atoms with van der Waals surface area (Å²) in [6.07, 6.45) is -4.64. The third kappa shape index (κ3) is 7.70. The second-order valence-corrected chi connectivity index (χ2v) is 8.27. The van der Waals surface area contributed by atoms with E-state index in [1.54, 1.807) is 24.9 Å². The fourth-order valence-electron chi connectivity index (χ4n) is 3.61. The number of pyridine rings is 1. The fourth-order valence-corrected chi connectivity index (χ4v) is 3.61. The molecule has 0 aliphatic carbocycles. The summed E-state index contributed by atoms with van der Waals surface area (Å²) < 4.78 is 72.3. The van der Waals surface area contributed by atoms with Gasteiger partial charge in [-0.05, 0) is 42.9 Å². The van der Waals surface area contributed by atoms with E-state index in [-0.39, 0.29) is 30.9 Å². The molecule has 0 bridgehead atoms. The van der Waals surface area contributed by atoms with Crippen molar-refractivity contribution in [2.24, 2.45) is 0 Å². The number of aliphatic hydroxyl groups excluding tert-OH is 1. The molecule has 2 aromatic carbocycles. The van der Waals surface area contributed by atoms with Crippen LogP contribution in [0.4, 0.5) is 27.8 Å². The van der Waals surface area contributed by atoms with Crippen LogP contribution >= 0.6 is 0 Å². The lowest BCUT2D eigenvalue weighted by atomic mass is 10.2. The summed E-state index contributed by atoms with van der Waals surface area (Å²) in [4.78, 5) is 8.22. The number of alkyl halides is 3. The van der Waals surface area contributed by atoms with Crippen molar-refractivity contribution in [2.45, 2.75) is 31.9 Å². The molecule has 2 aromatic heterocycles. The van der Waals surface area contributed by atoms with Gasteiger partial charge in [0.25, 0.3) is 0 Å². The lowest BCUT2D eigenvalue weighted by molar-refractivity contribution is -0.137. The van der Waals surface area contributed by atoms with Crippen LogP contribution in [0.25, 0.3) is 11.0 Å². The Morgan fingerprint density at radius 2 is 1.68 bits per heavy atom. The summed E-state index contributed by atoms with van der Waals surface area (Å²) in [5.74, 6) is -0.625. The second-order valence-electron chi connectivity index (χ2n) is 8.27. The first-order valence-electron chi connectivity index (χ1n) is 11.6.